The van der Waals surface area contributed by atoms with E-state index in [9.17, 15) is 30.8 Å². The molecule has 0 amide bonds. The van der Waals surface area contributed by atoms with Crippen LogP contribution >= 0.6 is 11.3 Å². The average molecular weight is 621 g/mol. The molecule has 1 aromatic carbocycles. The Hall–Kier alpha value is -3.69. The van der Waals surface area contributed by atoms with Crippen LogP contribution in [0.4, 0.5) is 17.6 Å². The van der Waals surface area contributed by atoms with Crippen molar-refractivity contribution in [2.75, 3.05) is 0 Å². The number of carbonyl (C=O) groups excluding carboxylic acids is 1. The predicted molar refractivity (Wildman–Crippen MR) is 145 cm³/mol. The summed E-state index contributed by atoms with van der Waals surface area (Å²) in [4.78, 5) is 17.0. The number of sulfone groups is 1. The van der Waals surface area contributed by atoms with E-state index in [2.05, 4.69) is 15.2 Å². The Morgan fingerprint density at radius 2 is 1.90 bits per heavy atom. The van der Waals surface area contributed by atoms with Crippen LogP contribution in [0.1, 0.15) is 45.2 Å². The summed E-state index contributed by atoms with van der Waals surface area (Å²) in [5, 5.41) is 6.67. The van der Waals surface area contributed by atoms with Crippen LogP contribution in [-0.4, -0.2) is 44.1 Å². The third-order valence-corrected chi connectivity index (χ3v) is 11.0. The Labute approximate surface area is 241 Å². The Kier molecular flexibility index (Phi) is 6.74. The number of hydrogen-bond donors (Lipinski definition) is 1. The van der Waals surface area contributed by atoms with Gasteiger partial charge >= 0.3 is 6.18 Å². The maximum absolute atomic E-state index is 14.2. The van der Waals surface area contributed by atoms with Gasteiger partial charge in [-0.3, -0.25) is 9.48 Å². The number of hydrogen-bond acceptors (Lipinski definition) is 8. The highest BCUT2D eigenvalue weighted by Gasteiger charge is 2.52. The minimum Gasteiger partial charge on any atom is -0.315 e. The molecule has 0 saturated heterocycles. The number of ketones is 1. The van der Waals surface area contributed by atoms with Gasteiger partial charge in [0.2, 0.25) is 5.78 Å². The molecule has 2 N–H and O–H groups in total. The lowest BCUT2D eigenvalue weighted by Crippen LogP contribution is -2.48. The smallest absolute Gasteiger partial charge is 0.315 e. The van der Waals surface area contributed by atoms with Crippen molar-refractivity contribution >= 4 is 33.0 Å². The van der Waals surface area contributed by atoms with Crippen LogP contribution in [0.5, 0.6) is 0 Å². The van der Waals surface area contributed by atoms with Gasteiger partial charge in [0.15, 0.2) is 14.8 Å². The number of nitrogens with zero attached hydrogens (tertiary/aromatic N) is 5. The third kappa shape index (κ3) is 4.68. The molecule has 0 radical (unpaired) electrons. The summed E-state index contributed by atoms with van der Waals surface area (Å²) in [5.74, 6) is -1.72. The summed E-state index contributed by atoms with van der Waals surface area (Å²) in [7, 11) is -2.45. The second-order valence-corrected chi connectivity index (χ2v) is 13.7. The molecule has 0 bridgehead atoms. The van der Waals surface area contributed by atoms with Gasteiger partial charge < -0.3 is 5.73 Å². The van der Waals surface area contributed by atoms with Crippen LogP contribution < -0.4 is 5.73 Å². The van der Waals surface area contributed by atoms with Crippen LogP contribution in [0.25, 0.3) is 11.8 Å². The maximum atomic E-state index is 14.2. The largest absolute Gasteiger partial charge is 0.427 e. The van der Waals surface area contributed by atoms with Crippen molar-refractivity contribution in [3.8, 4) is 5.69 Å². The summed E-state index contributed by atoms with van der Waals surface area (Å²) in [6.45, 7) is 0. The van der Waals surface area contributed by atoms with Crippen LogP contribution in [0.2, 0.25) is 0 Å². The van der Waals surface area contributed by atoms with Crippen molar-refractivity contribution in [1.29, 1.82) is 0 Å². The fraction of sp³-hybridized carbons (Fsp3) is 0.333. The summed E-state index contributed by atoms with van der Waals surface area (Å²) >= 11 is 0.262. The van der Waals surface area contributed by atoms with E-state index in [1.165, 1.54) is 29.2 Å². The lowest BCUT2D eigenvalue weighted by Gasteiger charge is -2.44. The summed E-state index contributed by atoms with van der Waals surface area (Å²) in [6, 6.07) is 5.70. The molecule has 15 heteroatoms. The van der Waals surface area contributed by atoms with Gasteiger partial charge in [-0.2, -0.15) is 23.4 Å². The van der Waals surface area contributed by atoms with E-state index < -0.39 is 49.2 Å². The minimum absolute atomic E-state index is 0.0135. The van der Waals surface area contributed by atoms with Crippen LogP contribution in [0, 0.1) is 17.2 Å². The number of Topliss-reactive ketones (excluding diaryl/α,β-unsaturated/α-hetero) is 1. The number of halogens is 4. The van der Waals surface area contributed by atoms with E-state index >= 15 is 0 Å². The van der Waals surface area contributed by atoms with Gasteiger partial charge in [-0.25, -0.2) is 22.5 Å². The topological polar surface area (TPSA) is 126 Å². The lowest BCUT2D eigenvalue weighted by molar-refractivity contribution is -0.134. The summed E-state index contributed by atoms with van der Waals surface area (Å²) in [5.41, 5.74) is 7.50. The average Bonchev–Trinajstić information content (AvgIpc) is 3.71. The Bertz CT molecular complexity index is 1820. The van der Waals surface area contributed by atoms with Gasteiger partial charge in [-0.1, -0.05) is 5.57 Å². The summed E-state index contributed by atoms with van der Waals surface area (Å²) < 4.78 is 83.5. The minimum atomic E-state index is -4.67. The lowest BCUT2D eigenvalue weighted by atomic mass is 9.59. The summed E-state index contributed by atoms with van der Waals surface area (Å²) in [6.07, 6.45) is 2.50. The standard InChI is InChI=1S/C27H24F4N6O3S2/c1-36-14-20(12-34-36)42(39,40)24(32)15-2-3-17-8-21-16(11-35-37(21)19-6-4-18(28)5-7-19)10-26(17,9-15)23(38)25-33-13-22(41-25)27(29,30)31/h4-8,11-15,24H,2-3,9-10,32H2,1H3/t15-,24+,26+/m0/s1. The molecule has 42 heavy (non-hydrogen) atoms. The van der Waals surface area contributed by atoms with Gasteiger partial charge in [-0.15, -0.1) is 11.3 Å². The SMILES string of the molecule is Cn1cc(S(=O)(=O)[C@@H](N)[C@H]2CCC3=Cc4c(cnn4-c4ccc(F)cc4)C[C@]3(C(=O)c3ncc(C(F)(F)F)s3)C2)cn1. The zero-order valence-electron chi connectivity index (χ0n) is 22.0. The van der Waals surface area contributed by atoms with Crippen molar-refractivity contribution in [1.82, 2.24) is 24.5 Å². The van der Waals surface area contributed by atoms with Gasteiger partial charge in [0.1, 0.15) is 21.0 Å². The number of aromatic nitrogens is 5. The molecular weight excluding hydrogens is 596 g/mol. The fourth-order valence-electron chi connectivity index (χ4n) is 5.89. The first kappa shape index (κ1) is 28.4. The molecule has 1 fully saturated rings. The van der Waals surface area contributed by atoms with Crippen LogP contribution in [-0.2, 0) is 29.5 Å². The molecule has 3 atom stereocenters. The highest BCUT2D eigenvalue weighted by Crippen LogP contribution is 2.53. The number of benzene rings is 1. The zero-order chi connectivity index (χ0) is 30.0. The van der Waals surface area contributed by atoms with Gasteiger partial charge in [0.05, 0.1) is 35.4 Å². The van der Waals surface area contributed by atoms with E-state index in [-0.39, 0.29) is 40.5 Å². The van der Waals surface area contributed by atoms with Crippen molar-refractivity contribution in [2.45, 2.75) is 42.1 Å². The molecule has 1 saturated carbocycles. The number of fused-ring (bicyclic) bond motifs is 2. The van der Waals surface area contributed by atoms with E-state index in [0.29, 0.717) is 35.1 Å². The first-order valence-electron chi connectivity index (χ1n) is 12.9. The zero-order valence-corrected chi connectivity index (χ0v) is 23.7. The molecule has 4 aromatic rings. The second kappa shape index (κ2) is 9.95. The number of allylic oxidation sites excluding steroid dienone is 1. The number of nitrogens with two attached hydrogens (primary N) is 1. The molecule has 0 aliphatic heterocycles. The first-order valence-corrected chi connectivity index (χ1v) is 15.3. The molecule has 2 aliphatic carbocycles. The molecule has 3 aromatic heterocycles. The van der Waals surface area contributed by atoms with Gasteiger partial charge in [-0.05, 0) is 67.5 Å². The highest BCUT2D eigenvalue weighted by atomic mass is 32.2. The van der Waals surface area contributed by atoms with Crippen molar-refractivity contribution in [3.05, 3.63) is 81.6 Å². The quantitative estimate of drug-likeness (QED) is 0.247. The number of rotatable bonds is 6. The molecule has 0 unspecified atom stereocenters. The molecule has 9 nitrogen and oxygen atoms in total. The van der Waals surface area contributed by atoms with E-state index in [1.807, 2.05) is 0 Å². The van der Waals surface area contributed by atoms with Crippen LogP contribution in [0.15, 0.2) is 59.5 Å². The number of alkyl halides is 3. The third-order valence-electron chi connectivity index (χ3n) is 8.02. The molecule has 0 spiro atoms. The van der Waals surface area contributed by atoms with E-state index in [1.54, 1.807) is 36.1 Å². The normalized spacial score (nSPS) is 21.4. The molecule has 3 heterocycles. The second-order valence-electron chi connectivity index (χ2n) is 10.6. The van der Waals surface area contributed by atoms with Gasteiger partial charge in [0.25, 0.3) is 0 Å². The Morgan fingerprint density at radius 1 is 1.17 bits per heavy atom. The fourth-order valence-corrected chi connectivity index (χ4v) is 8.26. The molecular formula is C27H24F4N6O3S2. The molecule has 2 aliphatic rings. The Balaban J connectivity index is 1.42. The predicted octanol–water partition coefficient (Wildman–Crippen LogP) is 4.59. The highest BCUT2D eigenvalue weighted by molar-refractivity contribution is 7.92. The van der Waals surface area contributed by atoms with E-state index in [0.717, 1.165) is 0 Å². The van der Waals surface area contributed by atoms with E-state index in [4.69, 9.17) is 5.73 Å². The first-order chi connectivity index (χ1) is 19.8. The van der Waals surface area contributed by atoms with Crippen molar-refractivity contribution < 1.29 is 30.8 Å². The maximum Gasteiger partial charge on any atom is 0.427 e. The Morgan fingerprint density at radius 3 is 2.55 bits per heavy atom. The molecule has 6 rings (SSSR count). The van der Waals surface area contributed by atoms with Crippen molar-refractivity contribution in [3.63, 3.8) is 0 Å². The number of thiazole rings is 1. The van der Waals surface area contributed by atoms with Crippen molar-refractivity contribution in [2.24, 2.45) is 24.1 Å². The van der Waals surface area contributed by atoms with Crippen LogP contribution in [0.3, 0.4) is 0 Å². The number of carbonyl (C=O) groups is 1. The number of aryl methyl sites for hydroxylation is 1. The monoisotopic (exact) mass is 620 g/mol. The molecule has 220 valence electrons. The van der Waals surface area contributed by atoms with Gasteiger partial charge in [0, 0.05) is 13.2 Å².